The van der Waals surface area contributed by atoms with Gasteiger partial charge in [-0.3, -0.25) is 4.79 Å². The average molecular weight is 328 g/mol. The van der Waals surface area contributed by atoms with Crippen molar-refractivity contribution in [1.29, 1.82) is 0 Å². The third kappa shape index (κ3) is 2.35. The fraction of sp³-hybridized carbons (Fsp3) is 0.0909. The van der Waals surface area contributed by atoms with Gasteiger partial charge in [-0.05, 0) is 25.1 Å². The van der Waals surface area contributed by atoms with E-state index in [0.29, 0.717) is 26.5 Å². The second kappa shape index (κ2) is 5.01. The van der Waals surface area contributed by atoms with E-state index in [1.54, 1.807) is 25.1 Å². The fourth-order valence-corrected chi connectivity index (χ4v) is 2.81. The van der Waals surface area contributed by atoms with Crippen LogP contribution in [-0.2, 0) is 0 Å². The lowest BCUT2D eigenvalue weighted by Crippen LogP contribution is -2.12. The smallest absolute Gasteiger partial charge is 0.286 e. The number of rotatable bonds is 2. The van der Waals surface area contributed by atoms with Gasteiger partial charge in [-0.25, -0.2) is 0 Å². The number of carbonyl (C=O) groups excluding carboxylic acids is 1. The van der Waals surface area contributed by atoms with Crippen molar-refractivity contribution in [1.82, 2.24) is 19.8 Å². The second-order valence-electron chi connectivity index (χ2n) is 3.93. The van der Waals surface area contributed by atoms with Gasteiger partial charge in [-0.2, -0.15) is 4.52 Å². The van der Waals surface area contributed by atoms with E-state index in [-0.39, 0.29) is 10.9 Å². The predicted molar refractivity (Wildman–Crippen MR) is 77.8 cm³/mol. The van der Waals surface area contributed by atoms with Crippen molar-refractivity contribution in [2.24, 2.45) is 0 Å². The summed E-state index contributed by atoms with van der Waals surface area (Å²) in [5.41, 5.74) is 0.476. The van der Waals surface area contributed by atoms with Gasteiger partial charge in [0.05, 0.1) is 10.7 Å². The van der Waals surface area contributed by atoms with Crippen molar-refractivity contribution in [2.75, 3.05) is 5.32 Å². The van der Waals surface area contributed by atoms with Gasteiger partial charge in [0.25, 0.3) is 5.91 Å². The Hall–Kier alpha value is -1.70. The quantitative estimate of drug-likeness (QED) is 0.785. The maximum absolute atomic E-state index is 12.1. The van der Waals surface area contributed by atoms with Crippen molar-refractivity contribution in [2.45, 2.75) is 6.92 Å². The van der Waals surface area contributed by atoms with Crippen LogP contribution in [0.5, 0.6) is 0 Å². The molecule has 6 nitrogen and oxygen atoms in total. The molecule has 2 heterocycles. The summed E-state index contributed by atoms with van der Waals surface area (Å²) in [5, 5.41) is 15.7. The molecule has 20 heavy (non-hydrogen) atoms. The van der Waals surface area contributed by atoms with Gasteiger partial charge in [0.15, 0.2) is 5.82 Å². The minimum Gasteiger partial charge on any atom is -0.318 e. The van der Waals surface area contributed by atoms with E-state index in [4.69, 9.17) is 23.2 Å². The third-order valence-corrected chi connectivity index (χ3v) is 3.97. The first-order valence-corrected chi connectivity index (χ1v) is 7.07. The molecular formula is C11H7Cl2N5OS. The number of anilines is 1. The summed E-state index contributed by atoms with van der Waals surface area (Å²) in [6, 6.07) is 4.83. The van der Waals surface area contributed by atoms with Crippen LogP contribution in [0.2, 0.25) is 10.0 Å². The molecule has 0 aliphatic rings. The minimum absolute atomic E-state index is 0.281. The van der Waals surface area contributed by atoms with Crippen molar-refractivity contribution in [3.05, 3.63) is 39.1 Å². The topological polar surface area (TPSA) is 72.2 Å². The molecule has 1 N–H and O–H groups in total. The van der Waals surface area contributed by atoms with Crippen LogP contribution < -0.4 is 5.32 Å². The molecule has 1 aromatic carbocycles. The number of aromatic nitrogens is 4. The summed E-state index contributed by atoms with van der Waals surface area (Å²) in [4.78, 5) is 12.7. The maximum atomic E-state index is 12.1. The zero-order valence-electron chi connectivity index (χ0n) is 10.1. The summed E-state index contributed by atoms with van der Waals surface area (Å²) in [5.74, 6) is 0.268. The first kappa shape index (κ1) is 13.3. The van der Waals surface area contributed by atoms with Gasteiger partial charge in [-0.15, -0.1) is 15.3 Å². The molecule has 3 rings (SSSR count). The molecule has 0 saturated carbocycles. The van der Waals surface area contributed by atoms with Gasteiger partial charge < -0.3 is 5.32 Å². The summed E-state index contributed by atoms with van der Waals surface area (Å²) in [6.07, 6.45) is 0. The molecule has 0 spiro atoms. The first-order chi connectivity index (χ1) is 9.54. The summed E-state index contributed by atoms with van der Waals surface area (Å²) in [6.45, 7) is 1.76. The van der Waals surface area contributed by atoms with Crippen LogP contribution in [0.3, 0.4) is 0 Å². The highest BCUT2D eigenvalue weighted by molar-refractivity contribution is 7.18. The molecular weight excluding hydrogens is 321 g/mol. The zero-order valence-corrected chi connectivity index (χ0v) is 12.4. The standard InChI is InChI=1S/C11H7Cl2N5OS/c1-5-15-16-11-18(5)17-10(20-11)9(19)14-8-3-2-6(12)4-7(8)13/h2-4H,1H3,(H,14,19). The highest BCUT2D eigenvalue weighted by Gasteiger charge is 2.16. The number of fused-ring (bicyclic) bond motifs is 1. The number of carbonyl (C=O) groups is 1. The SMILES string of the molecule is Cc1nnc2sc(C(=O)Nc3ccc(Cl)cc3Cl)nn12. The Balaban J connectivity index is 1.88. The number of benzene rings is 1. The Morgan fingerprint density at radius 1 is 1.35 bits per heavy atom. The van der Waals surface area contributed by atoms with Gasteiger partial charge in [0, 0.05) is 5.02 Å². The molecule has 1 amide bonds. The number of nitrogens with zero attached hydrogens (tertiary/aromatic N) is 4. The van der Waals surface area contributed by atoms with Crippen LogP contribution in [0.25, 0.3) is 4.96 Å². The largest absolute Gasteiger partial charge is 0.318 e. The first-order valence-electron chi connectivity index (χ1n) is 5.50. The van der Waals surface area contributed by atoms with Crippen molar-refractivity contribution in [3.8, 4) is 0 Å². The summed E-state index contributed by atoms with van der Waals surface area (Å²) < 4.78 is 1.52. The van der Waals surface area contributed by atoms with Crippen molar-refractivity contribution >= 4 is 51.1 Å². The monoisotopic (exact) mass is 327 g/mol. The Labute approximate surface area is 127 Å². The molecule has 0 unspecified atom stereocenters. The van der Waals surface area contributed by atoms with Gasteiger partial charge in [0.1, 0.15) is 0 Å². The minimum atomic E-state index is -0.357. The molecule has 3 aromatic rings. The molecule has 0 fully saturated rings. The van der Waals surface area contributed by atoms with Crippen LogP contribution in [0, 0.1) is 6.92 Å². The Morgan fingerprint density at radius 3 is 2.85 bits per heavy atom. The van der Waals surface area contributed by atoms with Crippen LogP contribution in [0.1, 0.15) is 15.6 Å². The lowest BCUT2D eigenvalue weighted by Gasteiger charge is -2.05. The molecule has 2 aromatic heterocycles. The fourth-order valence-electron chi connectivity index (χ4n) is 1.57. The Morgan fingerprint density at radius 2 is 2.15 bits per heavy atom. The van der Waals surface area contributed by atoms with E-state index in [9.17, 15) is 4.79 Å². The summed E-state index contributed by atoms with van der Waals surface area (Å²) >= 11 is 13.0. The second-order valence-corrected chi connectivity index (χ2v) is 5.73. The number of amides is 1. The highest BCUT2D eigenvalue weighted by atomic mass is 35.5. The summed E-state index contributed by atoms with van der Waals surface area (Å²) in [7, 11) is 0. The molecule has 0 aliphatic heterocycles. The Kier molecular flexibility index (Phi) is 3.33. The number of aryl methyl sites for hydroxylation is 1. The lowest BCUT2D eigenvalue weighted by molar-refractivity contribution is 0.102. The molecule has 0 atom stereocenters. The molecule has 0 bridgehead atoms. The molecule has 102 valence electrons. The normalized spacial score (nSPS) is 10.9. The maximum Gasteiger partial charge on any atom is 0.286 e. The highest BCUT2D eigenvalue weighted by Crippen LogP contribution is 2.26. The predicted octanol–water partition coefficient (Wildman–Crippen LogP) is 3.05. The van der Waals surface area contributed by atoms with Gasteiger partial charge in [-0.1, -0.05) is 34.5 Å². The van der Waals surface area contributed by atoms with E-state index >= 15 is 0 Å². The molecule has 0 saturated heterocycles. The average Bonchev–Trinajstić information content (AvgIpc) is 2.96. The van der Waals surface area contributed by atoms with Crippen LogP contribution in [0.15, 0.2) is 18.2 Å². The Bertz CT molecular complexity index is 812. The number of hydrogen-bond donors (Lipinski definition) is 1. The van der Waals surface area contributed by atoms with Crippen LogP contribution >= 0.6 is 34.5 Å². The van der Waals surface area contributed by atoms with Crippen molar-refractivity contribution < 1.29 is 4.79 Å². The molecule has 0 radical (unpaired) electrons. The van der Waals surface area contributed by atoms with E-state index in [1.807, 2.05) is 0 Å². The van der Waals surface area contributed by atoms with E-state index in [2.05, 4.69) is 20.6 Å². The van der Waals surface area contributed by atoms with Crippen LogP contribution in [-0.4, -0.2) is 25.7 Å². The van der Waals surface area contributed by atoms with E-state index in [1.165, 1.54) is 4.52 Å². The van der Waals surface area contributed by atoms with Gasteiger partial charge in [0.2, 0.25) is 9.97 Å². The zero-order chi connectivity index (χ0) is 14.3. The van der Waals surface area contributed by atoms with Crippen molar-refractivity contribution in [3.63, 3.8) is 0 Å². The lowest BCUT2D eigenvalue weighted by atomic mass is 10.3. The third-order valence-electron chi connectivity index (χ3n) is 2.52. The number of hydrogen-bond acceptors (Lipinski definition) is 5. The van der Waals surface area contributed by atoms with Gasteiger partial charge >= 0.3 is 0 Å². The number of nitrogens with one attached hydrogen (secondary N) is 1. The molecule has 9 heteroatoms. The number of halogens is 2. The molecule has 0 aliphatic carbocycles. The van der Waals surface area contributed by atoms with E-state index in [0.717, 1.165) is 11.3 Å². The van der Waals surface area contributed by atoms with Crippen LogP contribution in [0.4, 0.5) is 5.69 Å². The van der Waals surface area contributed by atoms with E-state index < -0.39 is 0 Å².